The molecule has 3 rings (SSSR count). The number of nitrogens with zero attached hydrogens (tertiary/aromatic N) is 3. The summed E-state index contributed by atoms with van der Waals surface area (Å²) in [5, 5.41) is 2.56. The lowest BCUT2D eigenvalue weighted by Gasteiger charge is -1.93. The molecule has 0 aliphatic heterocycles. The van der Waals surface area contributed by atoms with Crippen LogP contribution in [0.1, 0.15) is 0 Å². The minimum Gasteiger partial charge on any atom is -0.375 e. The van der Waals surface area contributed by atoms with Gasteiger partial charge in [0.05, 0.1) is 10.6 Å². The molecule has 0 spiro atoms. The zero-order valence-corrected chi connectivity index (χ0v) is 10.3. The second-order valence-electron chi connectivity index (χ2n) is 3.36. The van der Waals surface area contributed by atoms with Crippen molar-refractivity contribution in [1.29, 1.82) is 0 Å². The Morgan fingerprint density at radius 2 is 1.82 bits per heavy atom. The molecule has 0 fully saturated rings. The largest absolute Gasteiger partial charge is 0.375 e. The number of hydrogen-bond acceptors (Lipinski definition) is 6. The van der Waals surface area contributed by atoms with Crippen LogP contribution in [0.25, 0.3) is 21.0 Å². The topological polar surface area (TPSA) is 64.7 Å². The number of nitrogen functional groups attached to an aromatic ring is 1. The van der Waals surface area contributed by atoms with Gasteiger partial charge in [-0.1, -0.05) is 0 Å². The van der Waals surface area contributed by atoms with Gasteiger partial charge in [0, 0.05) is 28.2 Å². The van der Waals surface area contributed by atoms with Gasteiger partial charge in [-0.25, -0.2) is 15.0 Å². The monoisotopic (exact) mass is 260 g/mol. The third-order valence-corrected chi connectivity index (χ3v) is 4.06. The molecule has 3 aromatic heterocycles. The molecule has 0 unspecified atom stereocenters. The lowest BCUT2D eigenvalue weighted by atomic mass is 10.3. The standard InChI is InChI=1S/C11H8N4S2/c12-11-15-8(5-16-11)10-2-1-9(17-10)7-3-13-6-14-4-7/h1-6H,(H2,12,15). The molecule has 2 N–H and O–H groups in total. The smallest absolute Gasteiger partial charge is 0.180 e. The van der Waals surface area contributed by atoms with Crippen LogP contribution < -0.4 is 5.73 Å². The minimum absolute atomic E-state index is 0.595. The predicted molar refractivity (Wildman–Crippen MR) is 70.9 cm³/mol. The maximum atomic E-state index is 5.63. The van der Waals surface area contributed by atoms with E-state index < -0.39 is 0 Å². The van der Waals surface area contributed by atoms with Crippen LogP contribution in [0.15, 0.2) is 36.2 Å². The van der Waals surface area contributed by atoms with Crippen molar-refractivity contribution in [2.75, 3.05) is 5.73 Å². The average molecular weight is 260 g/mol. The van der Waals surface area contributed by atoms with Crippen LogP contribution in [0.4, 0.5) is 5.13 Å². The lowest BCUT2D eigenvalue weighted by molar-refractivity contribution is 1.17. The maximum Gasteiger partial charge on any atom is 0.180 e. The third-order valence-electron chi connectivity index (χ3n) is 2.23. The summed E-state index contributed by atoms with van der Waals surface area (Å²) in [5.74, 6) is 0. The molecular formula is C11H8N4S2. The van der Waals surface area contributed by atoms with Gasteiger partial charge >= 0.3 is 0 Å². The first-order valence-electron chi connectivity index (χ1n) is 4.89. The molecule has 0 aliphatic carbocycles. The van der Waals surface area contributed by atoms with Gasteiger partial charge in [0.2, 0.25) is 0 Å². The van der Waals surface area contributed by atoms with E-state index in [1.807, 2.05) is 17.5 Å². The van der Waals surface area contributed by atoms with E-state index in [9.17, 15) is 0 Å². The first-order chi connectivity index (χ1) is 8.33. The van der Waals surface area contributed by atoms with Crippen molar-refractivity contribution in [3.63, 3.8) is 0 Å². The molecule has 0 aliphatic rings. The first-order valence-corrected chi connectivity index (χ1v) is 6.59. The zero-order valence-electron chi connectivity index (χ0n) is 8.70. The van der Waals surface area contributed by atoms with E-state index in [4.69, 9.17) is 5.73 Å². The summed E-state index contributed by atoms with van der Waals surface area (Å²) < 4.78 is 0. The van der Waals surface area contributed by atoms with Gasteiger partial charge in [-0.05, 0) is 12.1 Å². The van der Waals surface area contributed by atoms with Crippen molar-refractivity contribution < 1.29 is 0 Å². The van der Waals surface area contributed by atoms with Crippen LogP contribution in [0.5, 0.6) is 0 Å². The minimum atomic E-state index is 0.595. The molecule has 4 nitrogen and oxygen atoms in total. The van der Waals surface area contributed by atoms with Gasteiger partial charge in [-0.15, -0.1) is 22.7 Å². The molecule has 0 amide bonds. The van der Waals surface area contributed by atoms with Crippen LogP contribution in [0, 0.1) is 0 Å². The Labute approximate surface area is 106 Å². The predicted octanol–water partition coefficient (Wildman–Crippen LogP) is 2.91. The van der Waals surface area contributed by atoms with Crippen LogP contribution in [0.2, 0.25) is 0 Å². The second kappa shape index (κ2) is 4.23. The van der Waals surface area contributed by atoms with E-state index in [0.717, 1.165) is 21.0 Å². The molecule has 0 atom stereocenters. The van der Waals surface area contributed by atoms with Gasteiger partial charge in [0.15, 0.2) is 5.13 Å². The van der Waals surface area contributed by atoms with Crippen LogP contribution in [0.3, 0.4) is 0 Å². The Bertz CT molecular complexity index is 630. The van der Waals surface area contributed by atoms with E-state index in [-0.39, 0.29) is 0 Å². The molecule has 84 valence electrons. The summed E-state index contributed by atoms with van der Waals surface area (Å²) >= 11 is 3.11. The van der Waals surface area contributed by atoms with Crippen molar-refractivity contribution in [2.45, 2.75) is 0 Å². The molecule has 0 saturated heterocycles. The third kappa shape index (κ3) is 2.04. The van der Waals surface area contributed by atoms with Crippen LogP contribution >= 0.6 is 22.7 Å². The van der Waals surface area contributed by atoms with Gasteiger partial charge in [-0.2, -0.15) is 0 Å². The normalized spacial score (nSPS) is 10.6. The molecule has 0 bridgehead atoms. The van der Waals surface area contributed by atoms with Crippen molar-refractivity contribution in [3.8, 4) is 21.0 Å². The molecule has 3 aromatic rings. The highest BCUT2D eigenvalue weighted by atomic mass is 32.1. The Morgan fingerprint density at radius 3 is 2.53 bits per heavy atom. The Kier molecular flexibility index (Phi) is 2.58. The van der Waals surface area contributed by atoms with Crippen molar-refractivity contribution in [2.24, 2.45) is 0 Å². The van der Waals surface area contributed by atoms with Gasteiger partial charge in [0.1, 0.15) is 6.33 Å². The van der Waals surface area contributed by atoms with E-state index in [2.05, 4.69) is 15.0 Å². The van der Waals surface area contributed by atoms with E-state index in [0.29, 0.717) is 5.13 Å². The lowest BCUT2D eigenvalue weighted by Crippen LogP contribution is -1.80. The Morgan fingerprint density at radius 1 is 1.06 bits per heavy atom. The number of thiazole rings is 1. The number of rotatable bonds is 2. The fourth-order valence-electron chi connectivity index (χ4n) is 1.46. The summed E-state index contributed by atoms with van der Waals surface area (Å²) in [7, 11) is 0. The van der Waals surface area contributed by atoms with Crippen LogP contribution in [-0.2, 0) is 0 Å². The van der Waals surface area contributed by atoms with E-state index in [1.165, 1.54) is 17.7 Å². The fraction of sp³-hybridized carbons (Fsp3) is 0. The van der Waals surface area contributed by atoms with Crippen molar-refractivity contribution in [1.82, 2.24) is 15.0 Å². The number of thiophene rings is 1. The summed E-state index contributed by atoms with van der Waals surface area (Å²) in [6, 6.07) is 4.09. The summed E-state index contributed by atoms with van der Waals surface area (Å²) in [6.07, 6.45) is 5.13. The molecule has 3 heterocycles. The highest BCUT2D eigenvalue weighted by Gasteiger charge is 2.07. The van der Waals surface area contributed by atoms with Crippen molar-refractivity contribution in [3.05, 3.63) is 36.2 Å². The van der Waals surface area contributed by atoms with Gasteiger partial charge in [-0.3, -0.25) is 0 Å². The number of hydrogen-bond donors (Lipinski definition) is 1. The average Bonchev–Trinajstić information content (AvgIpc) is 2.98. The zero-order chi connectivity index (χ0) is 11.7. The quantitative estimate of drug-likeness (QED) is 0.769. The molecule has 0 radical (unpaired) electrons. The van der Waals surface area contributed by atoms with Crippen LogP contribution in [-0.4, -0.2) is 15.0 Å². The van der Waals surface area contributed by atoms with Gasteiger partial charge in [0.25, 0.3) is 0 Å². The SMILES string of the molecule is Nc1nc(-c2ccc(-c3cncnc3)s2)cs1. The Balaban J connectivity index is 1.99. The van der Waals surface area contributed by atoms with E-state index >= 15 is 0 Å². The summed E-state index contributed by atoms with van der Waals surface area (Å²) in [6.45, 7) is 0. The Hall–Kier alpha value is -1.79. The molecule has 17 heavy (non-hydrogen) atoms. The molecule has 6 heteroatoms. The molecule has 0 aromatic carbocycles. The molecular weight excluding hydrogens is 252 g/mol. The highest BCUT2D eigenvalue weighted by molar-refractivity contribution is 7.19. The van der Waals surface area contributed by atoms with E-state index in [1.54, 1.807) is 23.7 Å². The second-order valence-corrected chi connectivity index (χ2v) is 5.34. The first kappa shape index (κ1) is 10.4. The molecule has 0 saturated carbocycles. The van der Waals surface area contributed by atoms with Crippen molar-refractivity contribution >= 4 is 27.8 Å². The number of nitrogens with two attached hydrogens (primary N) is 1. The highest BCUT2D eigenvalue weighted by Crippen LogP contribution is 2.34. The number of anilines is 1. The summed E-state index contributed by atoms with van der Waals surface area (Å²) in [5.41, 5.74) is 7.58. The maximum absolute atomic E-state index is 5.63. The summed E-state index contributed by atoms with van der Waals surface area (Å²) in [4.78, 5) is 14.5. The fourth-order valence-corrected chi connectivity index (χ4v) is 3.04. The van der Waals surface area contributed by atoms with Gasteiger partial charge < -0.3 is 5.73 Å². The number of aromatic nitrogens is 3.